The summed E-state index contributed by atoms with van der Waals surface area (Å²) in [6.45, 7) is 4.19. The van der Waals surface area contributed by atoms with Gasteiger partial charge < -0.3 is 10.8 Å². The molecule has 13 heavy (non-hydrogen) atoms. The number of hydrazine groups is 1. The van der Waals surface area contributed by atoms with E-state index in [-0.39, 0.29) is 12.3 Å². The fourth-order valence-corrected chi connectivity index (χ4v) is 1.50. The maximum absolute atomic E-state index is 7.63. The second-order valence-electron chi connectivity index (χ2n) is 3.59. The van der Waals surface area contributed by atoms with Crippen LogP contribution >= 0.6 is 0 Å². The van der Waals surface area contributed by atoms with Crippen LogP contribution in [0.5, 0.6) is 0 Å². The van der Waals surface area contributed by atoms with Gasteiger partial charge in [-0.1, -0.05) is 13.8 Å². The Morgan fingerprint density at radius 2 is 2.31 bits per heavy atom. The number of fused-ring (bicyclic) bond motifs is 1. The minimum absolute atomic E-state index is 0.0512. The van der Waals surface area contributed by atoms with Gasteiger partial charge >= 0.3 is 0 Å². The molecule has 5 nitrogen and oxygen atoms in total. The topological polar surface area (TPSA) is 63.8 Å². The van der Waals surface area contributed by atoms with E-state index in [4.69, 9.17) is 5.41 Å². The van der Waals surface area contributed by atoms with Gasteiger partial charge in [0.1, 0.15) is 6.17 Å². The summed E-state index contributed by atoms with van der Waals surface area (Å²) in [4.78, 5) is 0. The van der Waals surface area contributed by atoms with Gasteiger partial charge in [-0.25, -0.2) is 0 Å². The summed E-state index contributed by atoms with van der Waals surface area (Å²) in [5, 5.41) is 17.7. The smallest absolute Gasteiger partial charge is 0.183 e. The van der Waals surface area contributed by atoms with Crippen LogP contribution < -0.4 is 5.43 Å². The molecule has 2 N–H and O–H groups in total. The number of nitrogens with zero attached hydrogens (tertiary/aromatic N) is 3. The molecule has 2 aliphatic rings. The van der Waals surface area contributed by atoms with Crippen molar-refractivity contribution in [3.63, 3.8) is 0 Å². The van der Waals surface area contributed by atoms with E-state index >= 15 is 0 Å². The first-order valence-corrected chi connectivity index (χ1v) is 4.39. The van der Waals surface area contributed by atoms with Gasteiger partial charge in [-0.15, -0.1) is 0 Å². The first kappa shape index (κ1) is 8.37. The molecule has 2 rings (SSSR count). The predicted octanol–water partition coefficient (Wildman–Crippen LogP) is 1.11. The molecule has 0 aromatic carbocycles. The SMILES string of the molecule is CC(C)C1N=NC2C(=N)C=CNN21. The second-order valence-corrected chi connectivity index (χ2v) is 3.59. The summed E-state index contributed by atoms with van der Waals surface area (Å²) in [6, 6.07) is 0. The average molecular weight is 179 g/mol. The molecule has 2 atom stereocenters. The molecule has 0 bridgehead atoms. The van der Waals surface area contributed by atoms with Crippen molar-refractivity contribution in [2.24, 2.45) is 16.1 Å². The van der Waals surface area contributed by atoms with E-state index in [2.05, 4.69) is 29.5 Å². The average Bonchev–Trinajstić information content (AvgIpc) is 2.48. The minimum Gasteiger partial charge on any atom is -0.322 e. The predicted molar refractivity (Wildman–Crippen MR) is 49.1 cm³/mol. The van der Waals surface area contributed by atoms with Gasteiger partial charge in [-0.3, -0.25) is 0 Å². The summed E-state index contributed by atoms with van der Waals surface area (Å²) in [6.07, 6.45) is 3.29. The van der Waals surface area contributed by atoms with Crippen molar-refractivity contribution < 1.29 is 0 Å². The molecule has 0 aromatic heterocycles. The van der Waals surface area contributed by atoms with Crippen molar-refractivity contribution in [3.8, 4) is 0 Å². The van der Waals surface area contributed by atoms with Crippen LogP contribution in [0.1, 0.15) is 13.8 Å². The number of hydrogen-bond donors (Lipinski definition) is 2. The number of hydrogen-bond acceptors (Lipinski definition) is 5. The third kappa shape index (κ3) is 1.25. The van der Waals surface area contributed by atoms with Crippen LogP contribution in [0, 0.1) is 11.3 Å². The molecule has 0 amide bonds. The van der Waals surface area contributed by atoms with Crippen LogP contribution in [-0.4, -0.2) is 23.1 Å². The summed E-state index contributed by atoms with van der Waals surface area (Å²) >= 11 is 0. The van der Waals surface area contributed by atoms with Gasteiger partial charge in [-0.05, 0) is 12.0 Å². The number of azo groups is 1. The van der Waals surface area contributed by atoms with Crippen LogP contribution in [0.3, 0.4) is 0 Å². The lowest BCUT2D eigenvalue weighted by Gasteiger charge is -2.30. The van der Waals surface area contributed by atoms with Crippen molar-refractivity contribution in [2.75, 3.05) is 0 Å². The minimum atomic E-state index is -0.225. The van der Waals surface area contributed by atoms with E-state index in [9.17, 15) is 0 Å². The van der Waals surface area contributed by atoms with Crippen molar-refractivity contribution in [3.05, 3.63) is 12.3 Å². The molecule has 0 radical (unpaired) electrons. The maximum Gasteiger partial charge on any atom is 0.183 e. The van der Waals surface area contributed by atoms with Gasteiger partial charge in [0.25, 0.3) is 0 Å². The van der Waals surface area contributed by atoms with Gasteiger partial charge in [0.2, 0.25) is 0 Å². The van der Waals surface area contributed by atoms with E-state index in [0.717, 1.165) is 0 Å². The van der Waals surface area contributed by atoms with Crippen LogP contribution in [0.15, 0.2) is 22.5 Å². The highest BCUT2D eigenvalue weighted by molar-refractivity contribution is 5.97. The Hall–Kier alpha value is -1.23. The van der Waals surface area contributed by atoms with Crippen LogP contribution in [-0.2, 0) is 0 Å². The third-order valence-electron chi connectivity index (χ3n) is 2.20. The van der Waals surface area contributed by atoms with E-state index in [0.29, 0.717) is 11.6 Å². The van der Waals surface area contributed by atoms with Gasteiger partial charge in [0, 0.05) is 6.20 Å². The Labute approximate surface area is 77.0 Å². The zero-order valence-electron chi connectivity index (χ0n) is 7.73. The highest BCUT2D eigenvalue weighted by Gasteiger charge is 2.36. The van der Waals surface area contributed by atoms with Gasteiger partial charge in [0.05, 0.1) is 5.71 Å². The molecule has 2 heterocycles. The third-order valence-corrected chi connectivity index (χ3v) is 2.20. The fourth-order valence-electron chi connectivity index (χ4n) is 1.50. The normalized spacial score (nSPS) is 32.4. The van der Waals surface area contributed by atoms with Crippen LogP contribution in [0.4, 0.5) is 0 Å². The largest absolute Gasteiger partial charge is 0.322 e. The summed E-state index contributed by atoms with van der Waals surface area (Å²) in [7, 11) is 0. The van der Waals surface area contributed by atoms with Crippen molar-refractivity contribution in [2.45, 2.75) is 26.2 Å². The molecular formula is C8H13N5. The summed E-state index contributed by atoms with van der Waals surface area (Å²) in [5.41, 5.74) is 3.56. The maximum atomic E-state index is 7.63. The Bertz CT molecular complexity index is 280. The molecule has 0 saturated carbocycles. The van der Waals surface area contributed by atoms with Crippen LogP contribution in [0.2, 0.25) is 0 Å². The zero-order chi connectivity index (χ0) is 9.42. The molecule has 2 unspecified atom stereocenters. The Kier molecular flexibility index (Phi) is 1.88. The Morgan fingerprint density at radius 3 is 3.00 bits per heavy atom. The number of nitrogens with one attached hydrogen (secondary N) is 2. The summed E-state index contributed by atoms with van der Waals surface area (Å²) < 4.78 is 0. The standard InChI is InChI=1S/C8H13N5/c1-5(2)7-11-12-8-6(9)3-4-10-13(7)8/h3-5,7-10H,1-2H3. The highest BCUT2D eigenvalue weighted by atomic mass is 15.7. The molecule has 0 aliphatic carbocycles. The molecule has 5 heteroatoms. The Balaban J connectivity index is 2.21. The van der Waals surface area contributed by atoms with Gasteiger partial charge in [0.15, 0.2) is 6.17 Å². The molecule has 2 aliphatic heterocycles. The van der Waals surface area contributed by atoms with Crippen molar-refractivity contribution in [1.82, 2.24) is 10.4 Å². The van der Waals surface area contributed by atoms with E-state index < -0.39 is 0 Å². The molecule has 0 aromatic rings. The van der Waals surface area contributed by atoms with Gasteiger partial charge in [-0.2, -0.15) is 15.2 Å². The lowest BCUT2D eigenvalue weighted by atomic mass is 10.1. The van der Waals surface area contributed by atoms with E-state index in [1.165, 1.54) is 0 Å². The molecule has 0 fully saturated rings. The van der Waals surface area contributed by atoms with Crippen molar-refractivity contribution >= 4 is 5.71 Å². The summed E-state index contributed by atoms with van der Waals surface area (Å²) in [5.74, 6) is 0.403. The Morgan fingerprint density at radius 1 is 1.54 bits per heavy atom. The fraction of sp³-hybridized carbons (Fsp3) is 0.625. The van der Waals surface area contributed by atoms with Crippen LogP contribution in [0.25, 0.3) is 0 Å². The lowest BCUT2D eigenvalue weighted by molar-refractivity contribution is 0.130. The zero-order valence-corrected chi connectivity index (χ0v) is 7.73. The quantitative estimate of drug-likeness (QED) is 0.633. The lowest BCUT2D eigenvalue weighted by Crippen LogP contribution is -2.51. The molecule has 0 spiro atoms. The van der Waals surface area contributed by atoms with E-state index in [1.807, 2.05) is 5.01 Å². The first-order chi connectivity index (χ1) is 6.20. The van der Waals surface area contributed by atoms with E-state index in [1.54, 1.807) is 12.3 Å². The number of rotatable bonds is 1. The second kappa shape index (κ2) is 2.92. The first-order valence-electron chi connectivity index (χ1n) is 4.39. The monoisotopic (exact) mass is 179 g/mol. The highest BCUT2D eigenvalue weighted by Crippen LogP contribution is 2.23. The molecule has 0 saturated heterocycles. The molecular weight excluding hydrogens is 166 g/mol. The molecule has 70 valence electrons. The van der Waals surface area contributed by atoms with Crippen molar-refractivity contribution in [1.29, 1.82) is 5.41 Å².